The summed E-state index contributed by atoms with van der Waals surface area (Å²) < 4.78 is 0. The molecule has 0 spiro atoms. The van der Waals surface area contributed by atoms with Gasteiger partial charge in [0.1, 0.15) is 6.04 Å². The molecular weight excluding hydrogens is 236 g/mol. The molecule has 0 radical (unpaired) electrons. The molecule has 0 saturated carbocycles. The van der Waals surface area contributed by atoms with E-state index in [9.17, 15) is 14.4 Å². The summed E-state index contributed by atoms with van der Waals surface area (Å²) >= 11 is 0. The van der Waals surface area contributed by atoms with Gasteiger partial charge in [-0.25, -0.2) is 0 Å². The van der Waals surface area contributed by atoms with Crippen LogP contribution in [0.15, 0.2) is 0 Å². The van der Waals surface area contributed by atoms with Gasteiger partial charge in [0.15, 0.2) is 0 Å². The van der Waals surface area contributed by atoms with Gasteiger partial charge in [0, 0.05) is 19.5 Å². The van der Waals surface area contributed by atoms with Gasteiger partial charge < -0.3 is 15.3 Å². The van der Waals surface area contributed by atoms with Crippen molar-refractivity contribution in [3.8, 4) is 0 Å². The molecule has 2 N–H and O–H groups in total. The van der Waals surface area contributed by atoms with Gasteiger partial charge in [-0.2, -0.15) is 0 Å². The molecule has 6 heteroatoms. The lowest BCUT2D eigenvalue weighted by atomic mass is 9.85. The predicted octanol–water partition coefficient (Wildman–Crippen LogP) is 0.224. The predicted molar refractivity (Wildman–Crippen MR) is 64.8 cm³/mol. The number of carboxylic acid groups (broad SMARTS) is 1. The Morgan fingerprint density at radius 2 is 2.06 bits per heavy atom. The molecule has 102 valence electrons. The molecule has 0 bridgehead atoms. The van der Waals surface area contributed by atoms with E-state index in [2.05, 4.69) is 5.32 Å². The Kier molecular flexibility index (Phi) is 4.32. The average Bonchev–Trinajstić information content (AvgIpc) is 2.18. The summed E-state index contributed by atoms with van der Waals surface area (Å²) in [7, 11) is 0. The molecule has 1 saturated heterocycles. The van der Waals surface area contributed by atoms with E-state index in [4.69, 9.17) is 5.11 Å². The summed E-state index contributed by atoms with van der Waals surface area (Å²) in [6.07, 6.45) is 0.0735. The fraction of sp³-hybridized carbons (Fsp3) is 0.750. The molecule has 1 heterocycles. The maximum absolute atomic E-state index is 12.1. The highest BCUT2D eigenvalue weighted by Crippen LogP contribution is 2.26. The summed E-state index contributed by atoms with van der Waals surface area (Å²) in [4.78, 5) is 35.8. The maximum Gasteiger partial charge on any atom is 0.303 e. The quantitative estimate of drug-likeness (QED) is 0.753. The van der Waals surface area contributed by atoms with Crippen LogP contribution in [0.2, 0.25) is 0 Å². The van der Waals surface area contributed by atoms with Crippen LogP contribution in [-0.4, -0.2) is 46.9 Å². The minimum absolute atomic E-state index is 0.0623. The van der Waals surface area contributed by atoms with Crippen molar-refractivity contribution in [2.45, 2.75) is 39.7 Å². The van der Waals surface area contributed by atoms with Crippen molar-refractivity contribution in [1.82, 2.24) is 10.2 Å². The van der Waals surface area contributed by atoms with Crippen molar-refractivity contribution in [3.05, 3.63) is 0 Å². The summed E-state index contributed by atoms with van der Waals surface area (Å²) in [6, 6.07) is -0.480. The third-order valence-corrected chi connectivity index (χ3v) is 3.08. The van der Waals surface area contributed by atoms with E-state index >= 15 is 0 Å². The first-order chi connectivity index (χ1) is 8.23. The molecule has 0 aromatic carbocycles. The van der Waals surface area contributed by atoms with E-state index < -0.39 is 17.4 Å². The molecule has 2 amide bonds. The topological polar surface area (TPSA) is 86.7 Å². The van der Waals surface area contributed by atoms with E-state index in [0.29, 0.717) is 13.1 Å². The van der Waals surface area contributed by atoms with Gasteiger partial charge in [-0.3, -0.25) is 14.4 Å². The number of aliphatic carboxylic acids is 1. The number of nitrogens with one attached hydrogen (secondary N) is 1. The molecule has 0 aromatic rings. The summed E-state index contributed by atoms with van der Waals surface area (Å²) in [5.41, 5.74) is -0.601. The zero-order chi connectivity index (χ0) is 13.9. The van der Waals surface area contributed by atoms with Crippen LogP contribution in [0.1, 0.15) is 33.6 Å². The molecule has 1 aliphatic rings. The van der Waals surface area contributed by atoms with Gasteiger partial charge in [-0.1, -0.05) is 13.8 Å². The van der Waals surface area contributed by atoms with Crippen LogP contribution >= 0.6 is 0 Å². The first kappa shape index (κ1) is 14.5. The van der Waals surface area contributed by atoms with Crippen LogP contribution in [0.25, 0.3) is 0 Å². The number of carboxylic acids is 1. The van der Waals surface area contributed by atoms with Gasteiger partial charge >= 0.3 is 5.97 Å². The molecule has 1 aliphatic heterocycles. The van der Waals surface area contributed by atoms with E-state index in [0.717, 1.165) is 0 Å². The third kappa shape index (κ3) is 3.72. The number of carbonyl (C=O) groups excluding carboxylic acids is 2. The molecule has 1 unspecified atom stereocenters. The van der Waals surface area contributed by atoms with Crippen molar-refractivity contribution in [2.24, 2.45) is 5.41 Å². The van der Waals surface area contributed by atoms with Gasteiger partial charge in [-0.15, -0.1) is 0 Å². The minimum atomic E-state index is -0.919. The molecule has 6 nitrogen and oxygen atoms in total. The maximum atomic E-state index is 12.1. The van der Waals surface area contributed by atoms with Crippen LogP contribution in [0, 0.1) is 5.41 Å². The Bertz CT molecular complexity index is 365. The van der Waals surface area contributed by atoms with Crippen molar-refractivity contribution >= 4 is 17.8 Å². The van der Waals surface area contributed by atoms with E-state index in [-0.39, 0.29) is 24.7 Å². The first-order valence-electron chi connectivity index (χ1n) is 6.02. The summed E-state index contributed by atoms with van der Waals surface area (Å²) in [6.45, 7) is 6.10. The van der Waals surface area contributed by atoms with E-state index in [1.54, 1.807) is 20.8 Å². The lowest BCUT2D eigenvalue weighted by Gasteiger charge is -2.35. The van der Waals surface area contributed by atoms with E-state index in [1.807, 2.05) is 0 Å². The second-order valence-electron chi connectivity index (χ2n) is 5.47. The lowest BCUT2D eigenvalue weighted by molar-refractivity contribution is -0.145. The summed E-state index contributed by atoms with van der Waals surface area (Å²) in [5, 5.41) is 11.5. The first-order valence-corrected chi connectivity index (χ1v) is 6.02. The standard InChI is InChI=1S/C12H20N2O4/c1-8-11(18)13-4-5-14(8)9(15)6-12(2,3)7-10(16)17/h8H,4-7H2,1-3H3,(H,13,18)(H,16,17). The van der Waals surface area contributed by atoms with Crippen molar-refractivity contribution in [2.75, 3.05) is 13.1 Å². The fourth-order valence-electron chi connectivity index (χ4n) is 2.11. The Hall–Kier alpha value is -1.59. The third-order valence-electron chi connectivity index (χ3n) is 3.08. The van der Waals surface area contributed by atoms with Crippen LogP contribution in [-0.2, 0) is 14.4 Å². The highest BCUT2D eigenvalue weighted by atomic mass is 16.4. The Balaban J connectivity index is 2.64. The summed E-state index contributed by atoms with van der Waals surface area (Å²) in [5.74, 6) is -1.24. The van der Waals surface area contributed by atoms with Crippen molar-refractivity contribution in [3.63, 3.8) is 0 Å². The van der Waals surface area contributed by atoms with Crippen LogP contribution in [0.5, 0.6) is 0 Å². The Morgan fingerprint density at radius 3 is 2.61 bits per heavy atom. The van der Waals surface area contributed by atoms with Gasteiger partial charge in [-0.05, 0) is 12.3 Å². The second kappa shape index (κ2) is 5.37. The SMILES string of the molecule is CC1C(=O)NCCN1C(=O)CC(C)(C)CC(=O)O. The molecule has 0 aliphatic carbocycles. The highest BCUT2D eigenvalue weighted by Gasteiger charge is 2.33. The minimum Gasteiger partial charge on any atom is -0.481 e. The number of rotatable bonds is 4. The Labute approximate surface area is 106 Å². The lowest BCUT2D eigenvalue weighted by Crippen LogP contribution is -2.56. The zero-order valence-corrected chi connectivity index (χ0v) is 11.0. The average molecular weight is 256 g/mol. The molecule has 1 fully saturated rings. The number of hydrogen-bond donors (Lipinski definition) is 2. The second-order valence-corrected chi connectivity index (χ2v) is 5.47. The fourth-order valence-corrected chi connectivity index (χ4v) is 2.11. The van der Waals surface area contributed by atoms with E-state index in [1.165, 1.54) is 4.90 Å². The van der Waals surface area contributed by atoms with Crippen molar-refractivity contribution < 1.29 is 19.5 Å². The number of nitrogens with zero attached hydrogens (tertiary/aromatic N) is 1. The van der Waals surface area contributed by atoms with Crippen molar-refractivity contribution in [1.29, 1.82) is 0 Å². The van der Waals surface area contributed by atoms with Gasteiger partial charge in [0.05, 0.1) is 6.42 Å². The molecular formula is C12H20N2O4. The molecule has 18 heavy (non-hydrogen) atoms. The number of carbonyl (C=O) groups is 3. The smallest absolute Gasteiger partial charge is 0.303 e. The van der Waals surface area contributed by atoms with Crippen LogP contribution in [0.4, 0.5) is 0 Å². The molecule has 1 atom stereocenters. The zero-order valence-electron chi connectivity index (χ0n) is 11.0. The van der Waals surface area contributed by atoms with Crippen LogP contribution < -0.4 is 5.32 Å². The number of hydrogen-bond acceptors (Lipinski definition) is 3. The largest absolute Gasteiger partial charge is 0.481 e. The number of amides is 2. The molecule has 1 rings (SSSR count). The normalized spacial score (nSPS) is 20.5. The Morgan fingerprint density at radius 1 is 1.44 bits per heavy atom. The van der Waals surface area contributed by atoms with Gasteiger partial charge in [0.25, 0.3) is 0 Å². The monoisotopic (exact) mass is 256 g/mol. The number of piperazine rings is 1. The van der Waals surface area contributed by atoms with Crippen LogP contribution in [0.3, 0.4) is 0 Å². The highest BCUT2D eigenvalue weighted by molar-refractivity contribution is 5.88. The molecule has 0 aromatic heterocycles. The van der Waals surface area contributed by atoms with Gasteiger partial charge in [0.2, 0.25) is 11.8 Å².